The molecule has 0 amide bonds. The van der Waals surface area contributed by atoms with Gasteiger partial charge in [-0.1, -0.05) is 47.0 Å². The van der Waals surface area contributed by atoms with Crippen LogP contribution < -0.4 is 0 Å². The Morgan fingerprint density at radius 3 is 1.81 bits per heavy atom. The molecule has 0 aliphatic carbocycles. The zero-order valence-electron chi connectivity index (χ0n) is 12.1. The van der Waals surface area contributed by atoms with E-state index in [-0.39, 0.29) is 5.04 Å². The Hall–Kier alpha value is -0.263. The molecular formula is C14H30OSi. The Bertz CT molecular complexity index is 178. The van der Waals surface area contributed by atoms with Gasteiger partial charge in [0.25, 0.3) is 0 Å². The fourth-order valence-electron chi connectivity index (χ4n) is 0.654. The number of unbranched alkanes of at least 4 members (excludes halogenated alkanes) is 4. The van der Waals surface area contributed by atoms with E-state index in [1.165, 1.54) is 25.7 Å². The largest absolute Gasteiger partial charge is 0.432 e. The van der Waals surface area contributed by atoms with E-state index >= 15 is 0 Å². The third-order valence-corrected chi connectivity index (χ3v) is 6.68. The molecule has 0 spiro atoms. The van der Waals surface area contributed by atoms with Gasteiger partial charge in [-0.2, -0.15) is 0 Å². The molecule has 0 aliphatic rings. The molecule has 96 valence electrons. The van der Waals surface area contributed by atoms with Crippen LogP contribution in [-0.4, -0.2) is 13.1 Å². The van der Waals surface area contributed by atoms with Gasteiger partial charge in [0.1, 0.15) is 0 Å². The number of rotatable bonds is 4. The molecule has 0 unspecified atom stereocenters. The molecule has 0 aromatic heterocycles. The summed E-state index contributed by atoms with van der Waals surface area (Å²) in [4.78, 5) is 9.49. The summed E-state index contributed by atoms with van der Waals surface area (Å²) in [7, 11) is -1.86. The van der Waals surface area contributed by atoms with Crippen molar-refractivity contribution in [1.82, 2.24) is 0 Å². The minimum Gasteiger partial charge on any atom is -0.432 e. The maximum Gasteiger partial charge on any atom is 0.187 e. The average molecular weight is 242 g/mol. The van der Waals surface area contributed by atoms with Gasteiger partial charge >= 0.3 is 0 Å². The SMILES string of the molecule is C#CCCCCCC.CC(C)(C)[Si](C)(C)O. The Morgan fingerprint density at radius 1 is 1.12 bits per heavy atom. The molecule has 0 fully saturated rings. The molecule has 0 atom stereocenters. The summed E-state index contributed by atoms with van der Waals surface area (Å²) in [6.45, 7) is 12.4. The lowest BCUT2D eigenvalue weighted by molar-refractivity contribution is 0.487. The van der Waals surface area contributed by atoms with Gasteiger partial charge in [0.05, 0.1) is 0 Å². The van der Waals surface area contributed by atoms with Crippen LogP contribution in [0.1, 0.15) is 59.8 Å². The molecule has 0 rings (SSSR count). The fourth-order valence-corrected chi connectivity index (χ4v) is 0.654. The van der Waals surface area contributed by atoms with E-state index in [1.54, 1.807) is 0 Å². The molecule has 2 heteroatoms. The number of hydrogen-bond donors (Lipinski definition) is 1. The standard InChI is InChI=1S/C8H14.C6H16OSi/c1-3-5-7-8-6-4-2;1-6(2,3)8(4,5)7/h1H,4-8H2,2H3;7H,1-5H3. The van der Waals surface area contributed by atoms with E-state index in [0.717, 1.165) is 6.42 Å². The van der Waals surface area contributed by atoms with Crippen LogP contribution in [0.5, 0.6) is 0 Å². The molecule has 1 nitrogen and oxygen atoms in total. The van der Waals surface area contributed by atoms with Gasteiger partial charge < -0.3 is 4.80 Å². The number of hydrogen-bond acceptors (Lipinski definition) is 1. The summed E-state index contributed by atoms with van der Waals surface area (Å²) in [5, 5.41) is 0.132. The zero-order valence-corrected chi connectivity index (χ0v) is 13.1. The Kier molecular flexibility index (Phi) is 10.0. The first-order valence-corrected chi connectivity index (χ1v) is 9.27. The monoisotopic (exact) mass is 242 g/mol. The van der Waals surface area contributed by atoms with Crippen LogP contribution in [0.4, 0.5) is 0 Å². The van der Waals surface area contributed by atoms with Gasteiger partial charge in [0.15, 0.2) is 8.32 Å². The quantitative estimate of drug-likeness (QED) is 0.435. The van der Waals surface area contributed by atoms with E-state index in [1.807, 2.05) is 13.1 Å². The minimum absolute atomic E-state index is 0.132. The topological polar surface area (TPSA) is 20.2 Å². The molecule has 0 aromatic rings. The molecule has 0 aromatic carbocycles. The highest BCUT2D eigenvalue weighted by molar-refractivity contribution is 6.72. The molecular weight excluding hydrogens is 212 g/mol. The van der Waals surface area contributed by atoms with Gasteiger partial charge in [-0.15, -0.1) is 12.3 Å². The van der Waals surface area contributed by atoms with Crippen LogP contribution in [0.2, 0.25) is 18.1 Å². The fraction of sp³-hybridized carbons (Fsp3) is 0.857. The third-order valence-electron chi connectivity index (χ3n) is 3.01. The van der Waals surface area contributed by atoms with E-state index < -0.39 is 8.32 Å². The van der Waals surface area contributed by atoms with Crippen molar-refractivity contribution in [2.24, 2.45) is 0 Å². The summed E-state index contributed by atoms with van der Waals surface area (Å²) < 4.78 is 0. The first-order valence-electron chi connectivity index (χ1n) is 6.32. The molecule has 0 saturated carbocycles. The van der Waals surface area contributed by atoms with E-state index in [4.69, 9.17) is 6.42 Å². The first kappa shape index (κ1) is 18.1. The normalized spacial score (nSPS) is 11.4. The number of terminal acetylenes is 1. The Morgan fingerprint density at radius 2 is 1.56 bits per heavy atom. The third kappa shape index (κ3) is 11.8. The summed E-state index contributed by atoms with van der Waals surface area (Å²) in [6.07, 6.45) is 11.2. The summed E-state index contributed by atoms with van der Waals surface area (Å²) >= 11 is 0. The van der Waals surface area contributed by atoms with Gasteiger partial charge in [-0.25, -0.2) is 0 Å². The predicted molar refractivity (Wildman–Crippen MR) is 77.0 cm³/mol. The second kappa shape index (κ2) is 8.84. The van der Waals surface area contributed by atoms with Crippen molar-refractivity contribution in [3.05, 3.63) is 0 Å². The molecule has 0 aliphatic heterocycles. The molecule has 1 N–H and O–H groups in total. The van der Waals surface area contributed by atoms with Crippen LogP contribution in [-0.2, 0) is 0 Å². The highest BCUT2D eigenvalue weighted by Crippen LogP contribution is 2.33. The van der Waals surface area contributed by atoms with Gasteiger partial charge in [0, 0.05) is 6.42 Å². The second-order valence-corrected chi connectivity index (χ2v) is 10.4. The Labute approximate surface area is 104 Å². The molecule has 0 heterocycles. The van der Waals surface area contributed by atoms with Crippen molar-refractivity contribution >= 4 is 8.32 Å². The van der Waals surface area contributed by atoms with E-state index in [9.17, 15) is 4.80 Å². The van der Waals surface area contributed by atoms with Crippen LogP contribution in [0.3, 0.4) is 0 Å². The van der Waals surface area contributed by atoms with Crippen molar-refractivity contribution < 1.29 is 4.80 Å². The maximum atomic E-state index is 9.49. The summed E-state index contributed by atoms with van der Waals surface area (Å²) in [6, 6.07) is 0. The smallest absolute Gasteiger partial charge is 0.187 e. The lowest BCUT2D eigenvalue weighted by atomic mass is 10.2. The molecule has 0 radical (unpaired) electrons. The van der Waals surface area contributed by atoms with Crippen molar-refractivity contribution in [1.29, 1.82) is 0 Å². The summed E-state index contributed by atoms with van der Waals surface area (Å²) in [5.41, 5.74) is 0. The van der Waals surface area contributed by atoms with Crippen molar-refractivity contribution in [2.75, 3.05) is 0 Å². The van der Waals surface area contributed by atoms with Crippen molar-refractivity contribution in [2.45, 2.75) is 77.9 Å². The van der Waals surface area contributed by atoms with Crippen LogP contribution in [0.15, 0.2) is 0 Å². The highest BCUT2D eigenvalue weighted by atomic mass is 28.4. The Balaban J connectivity index is 0. The zero-order chi connectivity index (χ0) is 13.2. The van der Waals surface area contributed by atoms with Crippen molar-refractivity contribution in [3.63, 3.8) is 0 Å². The predicted octanol–water partition coefficient (Wildman–Crippen LogP) is 4.57. The highest BCUT2D eigenvalue weighted by Gasteiger charge is 2.32. The van der Waals surface area contributed by atoms with Gasteiger partial charge in [-0.3, -0.25) is 0 Å². The van der Waals surface area contributed by atoms with Crippen LogP contribution >= 0.6 is 0 Å². The minimum atomic E-state index is -1.86. The first-order chi connectivity index (χ1) is 7.16. The molecule has 16 heavy (non-hydrogen) atoms. The summed E-state index contributed by atoms with van der Waals surface area (Å²) in [5.74, 6) is 2.63. The van der Waals surface area contributed by atoms with Crippen LogP contribution in [0, 0.1) is 12.3 Å². The maximum absolute atomic E-state index is 9.49. The van der Waals surface area contributed by atoms with E-state index in [0.29, 0.717) is 0 Å². The van der Waals surface area contributed by atoms with Crippen LogP contribution in [0.25, 0.3) is 0 Å². The van der Waals surface area contributed by atoms with Gasteiger partial charge in [-0.05, 0) is 24.6 Å². The van der Waals surface area contributed by atoms with E-state index in [2.05, 4.69) is 33.6 Å². The molecule has 0 bridgehead atoms. The average Bonchev–Trinajstić information content (AvgIpc) is 2.10. The lowest BCUT2D eigenvalue weighted by Crippen LogP contribution is -2.36. The molecule has 0 saturated heterocycles. The van der Waals surface area contributed by atoms with Crippen molar-refractivity contribution in [3.8, 4) is 12.3 Å². The lowest BCUT2D eigenvalue weighted by Gasteiger charge is -2.30. The van der Waals surface area contributed by atoms with Gasteiger partial charge in [0.2, 0.25) is 0 Å². The second-order valence-electron chi connectivity index (χ2n) is 5.82.